The fraction of sp³-hybridized carbons (Fsp3) is 0.474. The third-order valence-electron chi connectivity index (χ3n) is 4.56. The molecule has 1 aromatic rings. The van der Waals surface area contributed by atoms with Gasteiger partial charge in [-0.1, -0.05) is 24.3 Å². The predicted octanol–water partition coefficient (Wildman–Crippen LogP) is 3.57. The van der Waals surface area contributed by atoms with Crippen molar-refractivity contribution in [1.82, 2.24) is 5.32 Å². The van der Waals surface area contributed by atoms with Crippen LogP contribution in [0.25, 0.3) is 0 Å². The monoisotopic (exact) mass is 312 g/mol. The average Bonchev–Trinajstić information content (AvgIpc) is 3.27. The summed E-state index contributed by atoms with van der Waals surface area (Å²) in [7, 11) is 0. The number of carbonyl (C=O) groups is 2. The van der Waals surface area contributed by atoms with E-state index in [4.69, 9.17) is 0 Å². The van der Waals surface area contributed by atoms with Crippen LogP contribution in [0.5, 0.6) is 0 Å². The molecule has 2 N–H and O–H groups in total. The van der Waals surface area contributed by atoms with Gasteiger partial charge in [-0.15, -0.1) is 0 Å². The molecule has 0 aliphatic heterocycles. The smallest absolute Gasteiger partial charge is 0.227 e. The Morgan fingerprint density at radius 2 is 1.91 bits per heavy atom. The van der Waals surface area contributed by atoms with Gasteiger partial charge in [0.2, 0.25) is 11.8 Å². The molecule has 0 bridgehead atoms. The Hall–Kier alpha value is -2.10. The molecule has 1 aromatic carbocycles. The maximum Gasteiger partial charge on any atom is 0.227 e. The Bertz CT molecular complexity index is 602. The van der Waals surface area contributed by atoms with Gasteiger partial charge in [-0.25, -0.2) is 0 Å². The van der Waals surface area contributed by atoms with Crippen molar-refractivity contribution in [1.29, 1.82) is 0 Å². The topological polar surface area (TPSA) is 58.2 Å². The second-order valence-electron chi connectivity index (χ2n) is 6.64. The first-order chi connectivity index (χ1) is 11.1. The van der Waals surface area contributed by atoms with Crippen LogP contribution in [-0.2, 0) is 9.59 Å². The number of rotatable bonds is 6. The third kappa shape index (κ3) is 4.44. The van der Waals surface area contributed by atoms with Crippen LogP contribution >= 0.6 is 0 Å². The Labute approximate surface area is 137 Å². The highest BCUT2D eigenvalue weighted by atomic mass is 16.2. The van der Waals surface area contributed by atoms with Crippen LogP contribution in [0.3, 0.4) is 0 Å². The van der Waals surface area contributed by atoms with Crippen LogP contribution in [0.15, 0.2) is 36.4 Å². The van der Waals surface area contributed by atoms with E-state index in [-0.39, 0.29) is 23.8 Å². The van der Waals surface area contributed by atoms with E-state index in [0.29, 0.717) is 12.3 Å². The van der Waals surface area contributed by atoms with E-state index in [1.807, 2.05) is 31.2 Å². The number of amides is 2. The first-order valence-corrected chi connectivity index (χ1v) is 8.48. The van der Waals surface area contributed by atoms with Crippen molar-refractivity contribution in [2.45, 2.75) is 45.1 Å². The minimum Gasteiger partial charge on any atom is -0.350 e. The van der Waals surface area contributed by atoms with Crippen LogP contribution in [-0.4, -0.2) is 11.8 Å². The molecule has 2 aliphatic carbocycles. The van der Waals surface area contributed by atoms with Gasteiger partial charge in [0.25, 0.3) is 0 Å². The second kappa shape index (κ2) is 6.99. The van der Waals surface area contributed by atoms with Crippen molar-refractivity contribution in [2.24, 2.45) is 11.8 Å². The molecule has 0 spiro atoms. The first kappa shape index (κ1) is 15.8. The van der Waals surface area contributed by atoms with Gasteiger partial charge in [0.15, 0.2) is 0 Å². The van der Waals surface area contributed by atoms with Gasteiger partial charge in [0.1, 0.15) is 0 Å². The van der Waals surface area contributed by atoms with E-state index in [1.165, 1.54) is 0 Å². The zero-order valence-corrected chi connectivity index (χ0v) is 13.5. The standard InChI is InChI=1S/C19H24N2O2/c1-13(20-18(22)12-14-4-2-3-5-14)15-8-10-17(11-9-15)21-19(23)16-6-7-16/h2,4,8-11,13-14,16H,3,5-7,12H2,1H3,(H,20,22)(H,21,23)/t13-,14+/m1/s1. The van der Waals surface area contributed by atoms with Gasteiger partial charge >= 0.3 is 0 Å². The van der Waals surface area contributed by atoms with Gasteiger partial charge in [-0.05, 0) is 56.2 Å². The van der Waals surface area contributed by atoms with Crippen LogP contribution in [0.4, 0.5) is 5.69 Å². The molecule has 23 heavy (non-hydrogen) atoms. The van der Waals surface area contributed by atoms with Crippen LogP contribution in [0, 0.1) is 11.8 Å². The quantitative estimate of drug-likeness (QED) is 0.789. The molecule has 3 rings (SSSR count). The van der Waals surface area contributed by atoms with Crippen LogP contribution in [0.2, 0.25) is 0 Å². The summed E-state index contributed by atoms with van der Waals surface area (Å²) in [6, 6.07) is 7.70. The Morgan fingerprint density at radius 1 is 1.17 bits per heavy atom. The SMILES string of the molecule is C[C@@H](NC(=O)C[C@H]1C=CCC1)c1ccc(NC(=O)C2CC2)cc1. The Balaban J connectivity index is 1.50. The van der Waals surface area contributed by atoms with Crippen molar-refractivity contribution in [3.63, 3.8) is 0 Å². The lowest BCUT2D eigenvalue weighted by molar-refractivity contribution is -0.122. The summed E-state index contributed by atoms with van der Waals surface area (Å²) in [6.07, 6.45) is 9.03. The fourth-order valence-corrected chi connectivity index (χ4v) is 2.93. The second-order valence-corrected chi connectivity index (χ2v) is 6.64. The molecule has 1 saturated carbocycles. The highest BCUT2D eigenvalue weighted by Gasteiger charge is 2.29. The third-order valence-corrected chi connectivity index (χ3v) is 4.56. The summed E-state index contributed by atoms with van der Waals surface area (Å²) in [4.78, 5) is 23.8. The molecule has 0 saturated heterocycles. The molecule has 0 radical (unpaired) electrons. The van der Waals surface area contributed by atoms with Crippen molar-refractivity contribution in [3.05, 3.63) is 42.0 Å². The van der Waals surface area contributed by atoms with E-state index in [2.05, 4.69) is 22.8 Å². The molecule has 1 fully saturated rings. The van der Waals surface area contributed by atoms with E-state index in [1.54, 1.807) is 0 Å². The summed E-state index contributed by atoms with van der Waals surface area (Å²) in [5.74, 6) is 0.809. The Kier molecular flexibility index (Phi) is 4.79. The minimum absolute atomic E-state index is 0.0268. The first-order valence-electron chi connectivity index (χ1n) is 8.48. The molecule has 0 unspecified atom stereocenters. The Morgan fingerprint density at radius 3 is 2.52 bits per heavy atom. The number of benzene rings is 1. The fourth-order valence-electron chi connectivity index (χ4n) is 2.93. The molecule has 122 valence electrons. The van der Waals surface area contributed by atoms with Gasteiger partial charge in [0, 0.05) is 18.0 Å². The highest BCUT2D eigenvalue weighted by molar-refractivity contribution is 5.94. The number of hydrogen-bond donors (Lipinski definition) is 2. The predicted molar refractivity (Wildman–Crippen MR) is 90.8 cm³/mol. The normalized spacial score (nSPS) is 21.0. The lowest BCUT2D eigenvalue weighted by Crippen LogP contribution is -2.27. The summed E-state index contributed by atoms with van der Waals surface area (Å²) >= 11 is 0. The van der Waals surface area contributed by atoms with Gasteiger partial charge in [-0.2, -0.15) is 0 Å². The maximum absolute atomic E-state index is 12.1. The molecule has 2 amide bonds. The lowest BCUT2D eigenvalue weighted by atomic mass is 10.0. The van der Waals surface area contributed by atoms with Crippen LogP contribution < -0.4 is 10.6 Å². The molecule has 4 heteroatoms. The molecule has 0 heterocycles. The minimum atomic E-state index is -0.0268. The number of anilines is 1. The average molecular weight is 312 g/mol. The van der Waals surface area contributed by atoms with Crippen LogP contribution in [0.1, 0.15) is 50.6 Å². The lowest BCUT2D eigenvalue weighted by Gasteiger charge is -2.16. The zero-order chi connectivity index (χ0) is 16.2. The summed E-state index contributed by atoms with van der Waals surface area (Å²) in [5.41, 5.74) is 1.87. The zero-order valence-electron chi connectivity index (χ0n) is 13.5. The van der Waals surface area contributed by atoms with E-state index in [9.17, 15) is 9.59 Å². The molecular weight excluding hydrogens is 288 g/mol. The molecule has 2 atom stereocenters. The summed E-state index contributed by atoms with van der Waals surface area (Å²) in [5, 5.41) is 5.98. The summed E-state index contributed by atoms with van der Waals surface area (Å²) in [6.45, 7) is 1.99. The molecular formula is C19H24N2O2. The number of carbonyl (C=O) groups excluding carboxylic acids is 2. The van der Waals surface area contributed by atoms with Crippen molar-refractivity contribution in [2.75, 3.05) is 5.32 Å². The van der Waals surface area contributed by atoms with Gasteiger partial charge in [0.05, 0.1) is 6.04 Å². The van der Waals surface area contributed by atoms with Crippen molar-refractivity contribution >= 4 is 17.5 Å². The van der Waals surface area contributed by atoms with Gasteiger partial charge in [-0.3, -0.25) is 9.59 Å². The summed E-state index contributed by atoms with van der Waals surface area (Å²) < 4.78 is 0. The van der Waals surface area contributed by atoms with E-state index in [0.717, 1.165) is 36.9 Å². The molecule has 4 nitrogen and oxygen atoms in total. The number of nitrogens with one attached hydrogen (secondary N) is 2. The maximum atomic E-state index is 12.1. The van der Waals surface area contributed by atoms with Crippen molar-refractivity contribution < 1.29 is 9.59 Å². The number of allylic oxidation sites excluding steroid dienone is 2. The van der Waals surface area contributed by atoms with Crippen molar-refractivity contribution in [3.8, 4) is 0 Å². The number of hydrogen-bond acceptors (Lipinski definition) is 2. The molecule has 2 aliphatic rings. The van der Waals surface area contributed by atoms with E-state index >= 15 is 0 Å². The van der Waals surface area contributed by atoms with Gasteiger partial charge < -0.3 is 10.6 Å². The highest BCUT2D eigenvalue weighted by Crippen LogP contribution is 2.30. The van der Waals surface area contributed by atoms with E-state index < -0.39 is 0 Å². The largest absolute Gasteiger partial charge is 0.350 e. The molecule has 0 aromatic heterocycles.